The van der Waals surface area contributed by atoms with Gasteiger partial charge in [0.1, 0.15) is 10.7 Å². The lowest BCUT2D eigenvalue weighted by Gasteiger charge is -2.31. The molecule has 1 saturated heterocycles. The topological polar surface area (TPSA) is 66.6 Å². The Labute approximate surface area is 117 Å². The molecule has 1 aliphatic rings. The number of sulfonamides is 1. The largest absolute Gasteiger partial charge is 0.326 e. The van der Waals surface area contributed by atoms with Crippen LogP contribution in [-0.4, -0.2) is 50.8 Å². The first-order chi connectivity index (χ1) is 9.37. The first kappa shape index (κ1) is 15.3. The van der Waals surface area contributed by atoms with Crippen LogP contribution in [0.15, 0.2) is 17.0 Å². The predicted octanol–water partition coefficient (Wildman–Crippen LogP) is 0.360. The average molecular weight is 305 g/mol. The summed E-state index contributed by atoms with van der Waals surface area (Å²) in [5.41, 5.74) is 4.86. The summed E-state index contributed by atoms with van der Waals surface area (Å²) in [5, 5.41) is 0. The van der Waals surface area contributed by atoms with Gasteiger partial charge in [0.15, 0.2) is 5.82 Å². The normalized spacial score (nSPS) is 18.4. The van der Waals surface area contributed by atoms with Gasteiger partial charge in [-0.15, -0.1) is 0 Å². The minimum Gasteiger partial charge on any atom is -0.326 e. The van der Waals surface area contributed by atoms with Gasteiger partial charge in [0, 0.05) is 38.3 Å². The minimum atomic E-state index is -3.96. The maximum Gasteiger partial charge on any atom is 0.246 e. The van der Waals surface area contributed by atoms with Crippen LogP contribution in [-0.2, 0) is 16.6 Å². The van der Waals surface area contributed by atoms with Crippen LogP contribution in [0.4, 0.5) is 8.78 Å². The van der Waals surface area contributed by atoms with E-state index >= 15 is 0 Å². The fourth-order valence-electron chi connectivity index (χ4n) is 2.13. The molecule has 0 spiro atoms. The predicted molar refractivity (Wildman–Crippen MR) is 70.5 cm³/mol. The quantitative estimate of drug-likeness (QED) is 0.875. The molecule has 0 radical (unpaired) electrons. The highest BCUT2D eigenvalue weighted by atomic mass is 32.2. The molecule has 1 heterocycles. The zero-order valence-electron chi connectivity index (χ0n) is 11.1. The van der Waals surface area contributed by atoms with E-state index in [4.69, 9.17) is 5.73 Å². The number of benzene rings is 1. The first-order valence-corrected chi connectivity index (χ1v) is 7.67. The Balaban J connectivity index is 2.40. The van der Waals surface area contributed by atoms with Gasteiger partial charge in [-0.2, -0.15) is 4.31 Å². The van der Waals surface area contributed by atoms with Crippen LogP contribution in [0, 0.1) is 11.6 Å². The number of likely N-dealkylation sites (N-methyl/N-ethyl adjacent to an activating group) is 1. The van der Waals surface area contributed by atoms with Crippen molar-refractivity contribution in [1.82, 2.24) is 9.21 Å². The number of rotatable bonds is 3. The molecule has 5 nitrogen and oxygen atoms in total. The van der Waals surface area contributed by atoms with E-state index in [1.165, 1.54) is 4.31 Å². The molecule has 1 aliphatic heterocycles. The van der Waals surface area contributed by atoms with Crippen molar-refractivity contribution in [2.24, 2.45) is 5.73 Å². The second kappa shape index (κ2) is 5.72. The fourth-order valence-corrected chi connectivity index (χ4v) is 3.64. The van der Waals surface area contributed by atoms with Crippen LogP contribution in [0.5, 0.6) is 0 Å². The highest BCUT2D eigenvalue weighted by Gasteiger charge is 2.31. The monoisotopic (exact) mass is 305 g/mol. The lowest BCUT2D eigenvalue weighted by Crippen LogP contribution is -2.47. The number of hydrogen-bond donors (Lipinski definition) is 1. The molecule has 2 N–H and O–H groups in total. The Morgan fingerprint density at radius 3 is 2.35 bits per heavy atom. The van der Waals surface area contributed by atoms with Gasteiger partial charge in [0.2, 0.25) is 10.0 Å². The zero-order chi connectivity index (χ0) is 14.9. The van der Waals surface area contributed by atoms with E-state index in [9.17, 15) is 17.2 Å². The van der Waals surface area contributed by atoms with Crippen molar-refractivity contribution in [3.63, 3.8) is 0 Å². The van der Waals surface area contributed by atoms with Crippen molar-refractivity contribution in [3.8, 4) is 0 Å². The van der Waals surface area contributed by atoms with Gasteiger partial charge in [-0.25, -0.2) is 17.2 Å². The van der Waals surface area contributed by atoms with E-state index in [1.54, 1.807) is 0 Å². The third-order valence-electron chi connectivity index (χ3n) is 3.43. The highest BCUT2D eigenvalue weighted by Crippen LogP contribution is 2.24. The van der Waals surface area contributed by atoms with Gasteiger partial charge in [0.25, 0.3) is 0 Å². The molecule has 1 aromatic rings. The molecule has 0 aromatic heterocycles. The van der Waals surface area contributed by atoms with E-state index in [1.807, 2.05) is 11.9 Å². The smallest absolute Gasteiger partial charge is 0.246 e. The summed E-state index contributed by atoms with van der Waals surface area (Å²) in [6.45, 7) is 1.34. The summed E-state index contributed by atoms with van der Waals surface area (Å²) in [6, 6.07) is 1.89. The van der Waals surface area contributed by atoms with Crippen molar-refractivity contribution in [2.45, 2.75) is 11.4 Å². The van der Waals surface area contributed by atoms with Crippen LogP contribution in [0.1, 0.15) is 5.56 Å². The Hall–Kier alpha value is -1.09. The Kier molecular flexibility index (Phi) is 4.38. The van der Waals surface area contributed by atoms with Crippen molar-refractivity contribution in [1.29, 1.82) is 0 Å². The van der Waals surface area contributed by atoms with E-state index in [0.717, 1.165) is 12.1 Å². The van der Waals surface area contributed by atoms with Gasteiger partial charge >= 0.3 is 0 Å². The lowest BCUT2D eigenvalue weighted by atomic mass is 10.2. The molecule has 2 rings (SSSR count). The van der Waals surface area contributed by atoms with Gasteiger partial charge < -0.3 is 10.6 Å². The molecule has 20 heavy (non-hydrogen) atoms. The van der Waals surface area contributed by atoms with Gasteiger partial charge in [-0.05, 0) is 19.2 Å². The molecule has 1 fully saturated rings. The summed E-state index contributed by atoms with van der Waals surface area (Å²) in [4.78, 5) is 1.47. The maximum absolute atomic E-state index is 14.1. The van der Waals surface area contributed by atoms with Gasteiger partial charge in [-0.1, -0.05) is 0 Å². The summed E-state index contributed by atoms with van der Waals surface area (Å²) >= 11 is 0. The fraction of sp³-hybridized carbons (Fsp3) is 0.500. The SMILES string of the molecule is CN1CCN(S(=O)(=O)c2ccc(F)c(CN)c2F)CC1. The summed E-state index contributed by atoms with van der Waals surface area (Å²) < 4.78 is 53.5. The number of hydrogen-bond acceptors (Lipinski definition) is 4. The molecule has 8 heteroatoms. The Morgan fingerprint density at radius 2 is 1.80 bits per heavy atom. The zero-order valence-corrected chi connectivity index (χ0v) is 12.0. The van der Waals surface area contributed by atoms with Crippen molar-refractivity contribution in [2.75, 3.05) is 33.2 Å². The molecule has 0 aliphatic carbocycles. The van der Waals surface area contributed by atoms with Crippen LogP contribution in [0.3, 0.4) is 0 Å². The molecular weight excluding hydrogens is 288 g/mol. The van der Waals surface area contributed by atoms with E-state index in [0.29, 0.717) is 13.1 Å². The molecule has 0 saturated carbocycles. The van der Waals surface area contributed by atoms with E-state index in [-0.39, 0.29) is 19.6 Å². The lowest BCUT2D eigenvalue weighted by molar-refractivity contribution is 0.222. The minimum absolute atomic E-state index is 0.285. The third-order valence-corrected chi connectivity index (χ3v) is 5.35. The summed E-state index contributed by atoms with van der Waals surface area (Å²) in [5.74, 6) is -1.92. The van der Waals surface area contributed by atoms with E-state index in [2.05, 4.69) is 0 Å². The first-order valence-electron chi connectivity index (χ1n) is 6.23. The molecule has 1 aromatic carbocycles. The average Bonchev–Trinajstić information content (AvgIpc) is 2.39. The van der Waals surface area contributed by atoms with Crippen LogP contribution >= 0.6 is 0 Å². The highest BCUT2D eigenvalue weighted by molar-refractivity contribution is 7.89. The van der Waals surface area contributed by atoms with Gasteiger partial charge in [-0.3, -0.25) is 0 Å². The van der Waals surface area contributed by atoms with Crippen molar-refractivity contribution < 1.29 is 17.2 Å². The number of halogens is 2. The molecule has 0 atom stereocenters. The number of piperazine rings is 1. The number of nitrogens with zero attached hydrogens (tertiary/aromatic N) is 2. The molecule has 0 bridgehead atoms. The third kappa shape index (κ3) is 2.69. The Morgan fingerprint density at radius 1 is 1.20 bits per heavy atom. The second-order valence-corrected chi connectivity index (χ2v) is 6.66. The number of nitrogens with two attached hydrogens (primary N) is 1. The van der Waals surface area contributed by atoms with Crippen LogP contribution in [0.25, 0.3) is 0 Å². The van der Waals surface area contributed by atoms with Crippen LogP contribution < -0.4 is 5.73 Å². The molecule has 0 amide bonds. The van der Waals surface area contributed by atoms with Crippen LogP contribution in [0.2, 0.25) is 0 Å². The van der Waals surface area contributed by atoms with Crippen molar-refractivity contribution in [3.05, 3.63) is 29.3 Å². The second-order valence-electron chi connectivity index (χ2n) is 4.75. The Bertz CT molecular complexity index is 599. The standard InChI is InChI=1S/C12H17F2N3O2S/c1-16-4-6-17(7-5-16)20(18,19)11-3-2-10(13)9(8-15)12(11)14/h2-3H,4-8,15H2,1H3. The van der Waals surface area contributed by atoms with Gasteiger partial charge in [0.05, 0.1) is 0 Å². The van der Waals surface area contributed by atoms with Crippen molar-refractivity contribution >= 4 is 10.0 Å². The maximum atomic E-state index is 14.1. The molecule has 0 unspecified atom stereocenters. The molecular formula is C12H17F2N3O2S. The van der Waals surface area contributed by atoms with E-state index < -0.39 is 32.1 Å². The summed E-state index contributed by atoms with van der Waals surface area (Å²) in [7, 11) is -2.07. The summed E-state index contributed by atoms with van der Waals surface area (Å²) in [6.07, 6.45) is 0. The molecule has 112 valence electrons.